The molecule has 2 heterocycles. The van der Waals surface area contributed by atoms with Crippen molar-refractivity contribution in [2.24, 2.45) is 0 Å². The molecule has 0 atom stereocenters. The van der Waals surface area contributed by atoms with Crippen molar-refractivity contribution < 1.29 is 0 Å². The number of aromatic nitrogens is 2. The second-order valence-corrected chi connectivity index (χ2v) is 4.16. The summed E-state index contributed by atoms with van der Waals surface area (Å²) in [6, 6.07) is 3.78. The summed E-state index contributed by atoms with van der Waals surface area (Å²) < 4.78 is 0. The number of halogens is 1. The second-order valence-electron chi connectivity index (χ2n) is 3.76. The molecule has 0 saturated heterocycles. The van der Waals surface area contributed by atoms with Gasteiger partial charge in [-0.2, -0.15) is 0 Å². The molecule has 5 heteroatoms. The van der Waals surface area contributed by atoms with E-state index in [4.69, 9.17) is 17.3 Å². The highest BCUT2D eigenvalue weighted by atomic mass is 35.5. The summed E-state index contributed by atoms with van der Waals surface area (Å²) in [5.41, 5.74) is 8.47. The molecular weight excluding hydrogens is 236 g/mol. The van der Waals surface area contributed by atoms with E-state index in [9.17, 15) is 0 Å². The van der Waals surface area contributed by atoms with E-state index in [1.54, 1.807) is 24.8 Å². The summed E-state index contributed by atoms with van der Waals surface area (Å²) in [7, 11) is 1.96. The van der Waals surface area contributed by atoms with E-state index in [1.165, 1.54) is 0 Å². The molecule has 0 aliphatic heterocycles. The molecule has 0 aliphatic carbocycles. The summed E-state index contributed by atoms with van der Waals surface area (Å²) in [5, 5.41) is 0.659. The van der Waals surface area contributed by atoms with Crippen LogP contribution < -0.4 is 10.6 Å². The van der Waals surface area contributed by atoms with Gasteiger partial charge in [0.1, 0.15) is 0 Å². The Balaban J connectivity index is 2.20. The number of hydrogen-bond donors (Lipinski definition) is 1. The first-order chi connectivity index (χ1) is 8.18. The smallest absolute Gasteiger partial charge is 0.0738 e. The molecular formula is C12H13ClN4. The minimum absolute atomic E-state index is 0.653. The van der Waals surface area contributed by atoms with Crippen LogP contribution in [0.4, 0.5) is 11.4 Å². The molecule has 0 aromatic carbocycles. The Kier molecular flexibility index (Phi) is 3.44. The first kappa shape index (κ1) is 11.7. The second kappa shape index (κ2) is 5.01. The van der Waals surface area contributed by atoms with Gasteiger partial charge in [-0.25, -0.2) is 0 Å². The summed E-state index contributed by atoms with van der Waals surface area (Å²) in [6.45, 7) is 0.676. The van der Waals surface area contributed by atoms with Gasteiger partial charge >= 0.3 is 0 Å². The molecule has 2 rings (SSSR count). The average molecular weight is 249 g/mol. The topological polar surface area (TPSA) is 55.0 Å². The highest BCUT2D eigenvalue weighted by Gasteiger charge is 2.07. The van der Waals surface area contributed by atoms with Crippen LogP contribution >= 0.6 is 11.6 Å². The summed E-state index contributed by atoms with van der Waals surface area (Å²) in [5.74, 6) is 0. The lowest BCUT2D eigenvalue weighted by Gasteiger charge is -2.21. The van der Waals surface area contributed by atoms with Crippen molar-refractivity contribution in [2.75, 3.05) is 17.7 Å². The van der Waals surface area contributed by atoms with E-state index in [0.717, 1.165) is 11.3 Å². The van der Waals surface area contributed by atoms with Crippen LogP contribution in [0.25, 0.3) is 0 Å². The van der Waals surface area contributed by atoms with Gasteiger partial charge in [-0.3, -0.25) is 9.97 Å². The maximum atomic E-state index is 6.06. The van der Waals surface area contributed by atoms with Crippen molar-refractivity contribution in [3.05, 3.63) is 47.5 Å². The van der Waals surface area contributed by atoms with E-state index in [2.05, 4.69) is 9.97 Å². The molecule has 2 aromatic heterocycles. The van der Waals surface area contributed by atoms with E-state index in [0.29, 0.717) is 17.3 Å². The number of pyridine rings is 2. The predicted molar refractivity (Wildman–Crippen MR) is 70.0 cm³/mol. The molecule has 4 nitrogen and oxygen atoms in total. The Labute approximate surface area is 105 Å². The summed E-state index contributed by atoms with van der Waals surface area (Å²) >= 11 is 6.06. The van der Waals surface area contributed by atoms with Crippen molar-refractivity contribution >= 4 is 23.0 Å². The van der Waals surface area contributed by atoms with Crippen molar-refractivity contribution in [2.45, 2.75) is 6.54 Å². The molecule has 2 N–H and O–H groups in total. The Morgan fingerprint density at radius 3 is 2.65 bits per heavy atom. The van der Waals surface area contributed by atoms with Gasteiger partial charge in [0.05, 0.1) is 22.6 Å². The molecule has 88 valence electrons. The van der Waals surface area contributed by atoms with Gasteiger partial charge in [-0.1, -0.05) is 11.6 Å². The van der Waals surface area contributed by atoms with E-state index in [-0.39, 0.29) is 0 Å². The molecule has 0 radical (unpaired) electrons. The van der Waals surface area contributed by atoms with Crippen LogP contribution in [0.1, 0.15) is 5.56 Å². The zero-order valence-electron chi connectivity index (χ0n) is 9.47. The van der Waals surface area contributed by atoms with Crippen LogP contribution in [0.3, 0.4) is 0 Å². The molecule has 2 aromatic rings. The fourth-order valence-corrected chi connectivity index (χ4v) is 1.80. The lowest BCUT2D eigenvalue weighted by Crippen LogP contribution is -2.18. The standard InChI is InChI=1S/C12H13ClN4/c1-17(12-3-5-16-7-11(12)14)8-9-2-4-15-6-10(9)13/h2-7H,8,14H2,1H3. The summed E-state index contributed by atoms with van der Waals surface area (Å²) in [6.07, 6.45) is 6.72. The van der Waals surface area contributed by atoms with Crippen LogP contribution in [0.2, 0.25) is 5.02 Å². The van der Waals surface area contributed by atoms with Crippen LogP contribution in [-0.2, 0) is 6.54 Å². The zero-order chi connectivity index (χ0) is 12.3. The van der Waals surface area contributed by atoms with Gasteiger partial charge in [-0.15, -0.1) is 0 Å². The van der Waals surface area contributed by atoms with Gasteiger partial charge in [0.15, 0.2) is 0 Å². The average Bonchev–Trinajstić information content (AvgIpc) is 2.32. The minimum atomic E-state index is 0.653. The molecule has 0 bridgehead atoms. The van der Waals surface area contributed by atoms with Gasteiger partial charge in [0.2, 0.25) is 0 Å². The van der Waals surface area contributed by atoms with Gasteiger partial charge in [0, 0.05) is 32.2 Å². The third-order valence-electron chi connectivity index (χ3n) is 2.50. The summed E-state index contributed by atoms with van der Waals surface area (Å²) in [4.78, 5) is 9.95. The number of nitrogen functional groups attached to an aromatic ring is 1. The molecule has 0 aliphatic rings. The van der Waals surface area contributed by atoms with Gasteiger partial charge in [0.25, 0.3) is 0 Å². The van der Waals surface area contributed by atoms with E-state index < -0.39 is 0 Å². The highest BCUT2D eigenvalue weighted by Crippen LogP contribution is 2.23. The minimum Gasteiger partial charge on any atom is -0.396 e. The normalized spacial score (nSPS) is 10.2. The van der Waals surface area contributed by atoms with Gasteiger partial charge < -0.3 is 10.6 Å². The largest absolute Gasteiger partial charge is 0.396 e. The molecule has 0 saturated carbocycles. The lowest BCUT2D eigenvalue weighted by atomic mass is 10.2. The Morgan fingerprint density at radius 2 is 1.94 bits per heavy atom. The number of hydrogen-bond acceptors (Lipinski definition) is 4. The first-order valence-electron chi connectivity index (χ1n) is 5.17. The van der Waals surface area contributed by atoms with E-state index in [1.807, 2.05) is 24.1 Å². The van der Waals surface area contributed by atoms with Crippen molar-refractivity contribution in [3.8, 4) is 0 Å². The molecule has 17 heavy (non-hydrogen) atoms. The number of nitrogens with two attached hydrogens (primary N) is 1. The van der Waals surface area contributed by atoms with Crippen LogP contribution in [0.15, 0.2) is 36.9 Å². The van der Waals surface area contributed by atoms with Crippen molar-refractivity contribution in [1.82, 2.24) is 9.97 Å². The number of anilines is 2. The molecule has 0 unspecified atom stereocenters. The van der Waals surface area contributed by atoms with Crippen LogP contribution in [-0.4, -0.2) is 17.0 Å². The van der Waals surface area contributed by atoms with Gasteiger partial charge in [-0.05, 0) is 17.7 Å². The Bertz CT molecular complexity index is 515. The number of nitrogens with zero attached hydrogens (tertiary/aromatic N) is 3. The quantitative estimate of drug-likeness (QED) is 0.906. The van der Waals surface area contributed by atoms with Crippen molar-refractivity contribution in [3.63, 3.8) is 0 Å². The lowest BCUT2D eigenvalue weighted by molar-refractivity contribution is 0.919. The fourth-order valence-electron chi connectivity index (χ4n) is 1.62. The highest BCUT2D eigenvalue weighted by molar-refractivity contribution is 6.31. The van der Waals surface area contributed by atoms with Crippen LogP contribution in [0, 0.1) is 0 Å². The third-order valence-corrected chi connectivity index (χ3v) is 2.84. The maximum absolute atomic E-state index is 6.06. The molecule has 0 fully saturated rings. The Hall–Kier alpha value is -1.81. The predicted octanol–water partition coefficient (Wildman–Crippen LogP) is 2.35. The third kappa shape index (κ3) is 2.65. The SMILES string of the molecule is CN(Cc1ccncc1Cl)c1ccncc1N. The van der Waals surface area contributed by atoms with Crippen LogP contribution in [0.5, 0.6) is 0 Å². The first-order valence-corrected chi connectivity index (χ1v) is 5.55. The maximum Gasteiger partial charge on any atom is 0.0738 e. The number of rotatable bonds is 3. The molecule has 0 amide bonds. The van der Waals surface area contributed by atoms with E-state index >= 15 is 0 Å². The fraction of sp³-hybridized carbons (Fsp3) is 0.167. The Morgan fingerprint density at radius 1 is 1.24 bits per heavy atom. The zero-order valence-corrected chi connectivity index (χ0v) is 10.2. The molecule has 0 spiro atoms. The monoisotopic (exact) mass is 248 g/mol. The van der Waals surface area contributed by atoms with Crippen molar-refractivity contribution in [1.29, 1.82) is 0 Å².